The van der Waals surface area contributed by atoms with E-state index in [0.29, 0.717) is 10.7 Å². The molecule has 20 heavy (non-hydrogen) atoms. The molecule has 0 amide bonds. The highest BCUT2D eigenvalue weighted by Crippen LogP contribution is 2.36. The van der Waals surface area contributed by atoms with Crippen molar-refractivity contribution in [2.75, 3.05) is 0 Å². The Morgan fingerprint density at radius 1 is 1.25 bits per heavy atom. The molecule has 0 spiro atoms. The zero-order chi connectivity index (χ0) is 13.7. The van der Waals surface area contributed by atoms with Crippen molar-refractivity contribution in [2.45, 2.75) is 18.9 Å². The molecule has 2 aromatic carbocycles. The van der Waals surface area contributed by atoms with Crippen molar-refractivity contribution in [3.8, 4) is 0 Å². The Balaban J connectivity index is 1.75. The molecular weight excluding hydrogens is 271 g/mol. The number of benzene rings is 2. The van der Waals surface area contributed by atoms with Gasteiger partial charge in [-0.2, -0.15) is 0 Å². The number of nitrogens with zero attached hydrogens (tertiary/aromatic N) is 1. The number of H-pyrrole nitrogens is 1. The maximum Gasteiger partial charge on any atom is 0.178 e. The lowest BCUT2D eigenvalue weighted by atomic mass is 9.77. The highest BCUT2D eigenvalue weighted by molar-refractivity contribution is 7.71. The van der Waals surface area contributed by atoms with Gasteiger partial charge in [-0.1, -0.05) is 24.3 Å². The van der Waals surface area contributed by atoms with Crippen LogP contribution in [0.4, 0.5) is 4.39 Å². The van der Waals surface area contributed by atoms with Gasteiger partial charge in [-0.15, -0.1) is 0 Å². The zero-order valence-electron chi connectivity index (χ0n) is 10.8. The van der Waals surface area contributed by atoms with Crippen LogP contribution >= 0.6 is 12.2 Å². The maximum atomic E-state index is 13.4. The van der Waals surface area contributed by atoms with E-state index in [4.69, 9.17) is 12.2 Å². The van der Waals surface area contributed by atoms with Gasteiger partial charge in [0, 0.05) is 12.5 Å². The van der Waals surface area contributed by atoms with E-state index < -0.39 is 0 Å². The minimum atomic E-state index is -0.228. The summed E-state index contributed by atoms with van der Waals surface area (Å²) in [4.78, 5) is 3.14. The number of imidazole rings is 1. The third kappa shape index (κ3) is 1.72. The molecule has 1 heterocycles. The minimum absolute atomic E-state index is 0.228. The second-order valence-corrected chi connectivity index (χ2v) is 5.69. The number of rotatable bonds is 2. The summed E-state index contributed by atoms with van der Waals surface area (Å²) in [6, 6.07) is 13.2. The monoisotopic (exact) mass is 284 g/mol. The van der Waals surface area contributed by atoms with Crippen LogP contribution in [0, 0.1) is 10.6 Å². The van der Waals surface area contributed by atoms with Crippen LogP contribution < -0.4 is 0 Å². The molecule has 0 aliphatic heterocycles. The first kappa shape index (κ1) is 11.9. The molecule has 1 aromatic heterocycles. The number of fused-ring (bicyclic) bond motifs is 2. The van der Waals surface area contributed by atoms with E-state index in [1.165, 1.54) is 17.2 Å². The highest BCUT2D eigenvalue weighted by atomic mass is 32.1. The van der Waals surface area contributed by atoms with Gasteiger partial charge in [-0.05, 0) is 48.0 Å². The van der Waals surface area contributed by atoms with Crippen molar-refractivity contribution in [3.05, 3.63) is 64.2 Å². The van der Waals surface area contributed by atoms with E-state index in [-0.39, 0.29) is 5.82 Å². The molecule has 3 aromatic rings. The fourth-order valence-corrected chi connectivity index (χ4v) is 3.34. The number of hydrogen-bond donors (Lipinski definition) is 1. The highest BCUT2D eigenvalue weighted by Gasteiger charge is 2.26. The first-order chi connectivity index (χ1) is 9.72. The first-order valence-corrected chi connectivity index (χ1v) is 7.09. The van der Waals surface area contributed by atoms with Gasteiger partial charge in [-0.25, -0.2) is 4.39 Å². The first-order valence-electron chi connectivity index (χ1n) is 6.68. The molecule has 4 heteroatoms. The van der Waals surface area contributed by atoms with Crippen LogP contribution in [0.3, 0.4) is 0 Å². The summed E-state index contributed by atoms with van der Waals surface area (Å²) in [6.45, 7) is 0.805. The van der Waals surface area contributed by atoms with Gasteiger partial charge in [-0.3, -0.25) is 0 Å². The van der Waals surface area contributed by atoms with Gasteiger partial charge in [0.05, 0.1) is 11.0 Å². The Labute approximate surface area is 120 Å². The Morgan fingerprint density at radius 3 is 2.95 bits per heavy atom. The van der Waals surface area contributed by atoms with E-state index in [1.807, 2.05) is 4.57 Å². The molecular formula is C16H13FN2S. The van der Waals surface area contributed by atoms with Crippen LogP contribution in [-0.2, 0) is 13.0 Å². The SMILES string of the molecule is Fc1ccc2[nH]c(=S)n(CC3Cc4ccccc43)c2c1. The molecule has 0 saturated heterocycles. The van der Waals surface area contributed by atoms with Gasteiger partial charge in [0.15, 0.2) is 4.77 Å². The van der Waals surface area contributed by atoms with Crippen LogP contribution in [0.25, 0.3) is 11.0 Å². The van der Waals surface area contributed by atoms with Gasteiger partial charge in [0.2, 0.25) is 0 Å². The van der Waals surface area contributed by atoms with Crippen molar-refractivity contribution < 1.29 is 4.39 Å². The zero-order valence-corrected chi connectivity index (χ0v) is 11.6. The molecule has 1 aliphatic carbocycles. The number of nitrogens with one attached hydrogen (secondary N) is 1. The standard InChI is InChI=1S/C16H13FN2S/c17-12-5-6-14-15(8-12)19(16(20)18-14)9-11-7-10-3-1-2-4-13(10)11/h1-6,8,11H,7,9H2,(H,18,20). The summed E-state index contributed by atoms with van der Waals surface area (Å²) >= 11 is 5.37. The normalized spacial score (nSPS) is 16.9. The molecule has 1 N–H and O–H groups in total. The van der Waals surface area contributed by atoms with Crippen LogP contribution in [0.15, 0.2) is 42.5 Å². The summed E-state index contributed by atoms with van der Waals surface area (Å²) < 4.78 is 16.1. The molecule has 0 saturated carbocycles. The molecule has 2 nitrogen and oxygen atoms in total. The third-order valence-electron chi connectivity index (χ3n) is 4.10. The Kier molecular flexibility index (Phi) is 2.54. The van der Waals surface area contributed by atoms with Crippen molar-refractivity contribution >= 4 is 23.3 Å². The minimum Gasteiger partial charge on any atom is -0.331 e. The summed E-state index contributed by atoms with van der Waals surface area (Å²) in [6.07, 6.45) is 1.07. The number of aromatic amines is 1. The predicted octanol–water partition coefficient (Wildman–Crippen LogP) is 4.18. The lowest BCUT2D eigenvalue weighted by Gasteiger charge is -2.30. The second-order valence-electron chi connectivity index (χ2n) is 5.30. The van der Waals surface area contributed by atoms with Gasteiger partial charge in [0.1, 0.15) is 5.82 Å². The maximum absolute atomic E-state index is 13.4. The second kappa shape index (κ2) is 4.28. The Bertz CT molecular complexity index is 862. The molecule has 1 aliphatic rings. The topological polar surface area (TPSA) is 20.7 Å². The van der Waals surface area contributed by atoms with Crippen molar-refractivity contribution in [1.29, 1.82) is 0 Å². The number of halogens is 1. The molecule has 100 valence electrons. The molecule has 0 fully saturated rings. The number of aromatic nitrogens is 2. The number of hydrogen-bond acceptors (Lipinski definition) is 1. The quantitative estimate of drug-likeness (QED) is 0.700. The summed E-state index contributed by atoms with van der Waals surface area (Å²) in [5, 5.41) is 0. The van der Waals surface area contributed by atoms with E-state index in [2.05, 4.69) is 29.2 Å². The molecule has 1 unspecified atom stereocenters. The van der Waals surface area contributed by atoms with E-state index in [1.54, 1.807) is 12.1 Å². The lowest BCUT2D eigenvalue weighted by molar-refractivity contribution is 0.513. The molecule has 0 radical (unpaired) electrons. The summed E-state index contributed by atoms with van der Waals surface area (Å²) in [5.74, 6) is 0.245. The summed E-state index contributed by atoms with van der Waals surface area (Å²) in [7, 11) is 0. The van der Waals surface area contributed by atoms with Gasteiger partial charge < -0.3 is 9.55 Å². The average molecular weight is 284 g/mol. The molecule has 1 atom stereocenters. The predicted molar refractivity (Wildman–Crippen MR) is 80.0 cm³/mol. The lowest BCUT2D eigenvalue weighted by Crippen LogP contribution is -2.21. The van der Waals surface area contributed by atoms with E-state index >= 15 is 0 Å². The smallest absolute Gasteiger partial charge is 0.178 e. The van der Waals surface area contributed by atoms with Crippen LogP contribution in [0.2, 0.25) is 0 Å². The third-order valence-corrected chi connectivity index (χ3v) is 4.42. The molecule has 4 rings (SSSR count). The Morgan fingerprint density at radius 2 is 2.10 bits per heavy atom. The summed E-state index contributed by atoms with van der Waals surface area (Å²) in [5.41, 5.74) is 4.54. The van der Waals surface area contributed by atoms with E-state index in [0.717, 1.165) is 24.0 Å². The van der Waals surface area contributed by atoms with Crippen LogP contribution in [0.5, 0.6) is 0 Å². The average Bonchev–Trinajstić information content (AvgIpc) is 2.72. The van der Waals surface area contributed by atoms with Crippen LogP contribution in [-0.4, -0.2) is 9.55 Å². The van der Waals surface area contributed by atoms with Crippen LogP contribution in [0.1, 0.15) is 17.0 Å². The van der Waals surface area contributed by atoms with Crippen molar-refractivity contribution in [3.63, 3.8) is 0 Å². The van der Waals surface area contributed by atoms with Gasteiger partial charge in [0.25, 0.3) is 0 Å². The largest absolute Gasteiger partial charge is 0.331 e. The molecule has 0 bridgehead atoms. The van der Waals surface area contributed by atoms with Gasteiger partial charge >= 0.3 is 0 Å². The fourth-order valence-electron chi connectivity index (χ4n) is 3.05. The van der Waals surface area contributed by atoms with Crippen molar-refractivity contribution in [2.24, 2.45) is 0 Å². The van der Waals surface area contributed by atoms with Crippen molar-refractivity contribution in [1.82, 2.24) is 9.55 Å². The Hall–Kier alpha value is -1.94. The fraction of sp³-hybridized carbons (Fsp3) is 0.188. The van der Waals surface area contributed by atoms with E-state index in [9.17, 15) is 4.39 Å².